The van der Waals surface area contributed by atoms with Gasteiger partial charge in [0.25, 0.3) is 0 Å². The predicted octanol–water partition coefficient (Wildman–Crippen LogP) is 0.960. The fourth-order valence-corrected chi connectivity index (χ4v) is 2.77. The van der Waals surface area contributed by atoms with E-state index in [1.165, 1.54) is 11.6 Å². The van der Waals surface area contributed by atoms with Crippen molar-refractivity contribution in [2.45, 2.75) is 18.1 Å². The molecule has 0 aromatic heterocycles. The molecule has 2 aliphatic rings. The predicted molar refractivity (Wildman–Crippen MR) is 43.6 cm³/mol. The van der Waals surface area contributed by atoms with E-state index in [0.29, 0.717) is 11.7 Å². The van der Waals surface area contributed by atoms with Gasteiger partial charge in [0.05, 0.1) is 0 Å². The second-order valence-corrected chi connectivity index (χ2v) is 4.13. The number of thioether (sulfide) groups is 1. The first-order valence-electron chi connectivity index (χ1n) is 3.66. The topological polar surface area (TPSA) is 34.1 Å². The van der Waals surface area contributed by atoms with Crippen LogP contribution in [0.3, 0.4) is 0 Å². The third kappa shape index (κ3) is 1.13. The number of carbonyl (C=O) groups excluding carboxylic acids is 2. The van der Waals surface area contributed by atoms with Crippen LogP contribution in [-0.2, 0) is 9.59 Å². The van der Waals surface area contributed by atoms with Gasteiger partial charge < -0.3 is 0 Å². The number of fused-ring (bicyclic) bond motifs is 1. The molecule has 1 aliphatic heterocycles. The van der Waals surface area contributed by atoms with Crippen LogP contribution in [0.2, 0.25) is 0 Å². The third-order valence-electron chi connectivity index (χ3n) is 2.09. The molecule has 2 rings (SSSR count). The van der Waals surface area contributed by atoms with Crippen LogP contribution in [0.4, 0.5) is 0 Å². The van der Waals surface area contributed by atoms with Gasteiger partial charge >= 0.3 is 0 Å². The highest BCUT2D eigenvalue weighted by atomic mass is 32.2. The van der Waals surface area contributed by atoms with Crippen molar-refractivity contribution in [2.75, 3.05) is 5.75 Å². The summed E-state index contributed by atoms with van der Waals surface area (Å²) >= 11 is 1.79. The Bertz CT molecular complexity index is 255. The van der Waals surface area contributed by atoms with Crippen molar-refractivity contribution in [3.05, 3.63) is 11.6 Å². The largest absolute Gasteiger partial charge is 0.290 e. The number of hydrogen-bond acceptors (Lipinski definition) is 3. The molecular weight excluding hydrogens is 160 g/mol. The van der Waals surface area contributed by atoms with Crippen LogP contribution in [0.5, 0.6) is 0 Å². The van der Waals surface area contributed by atoms with Crippen LogP contribution >= 0.6 is 11.8 Å². The Balaban J connectivity index is 2.31. The van der Waals surface area contributed by atoms with E-state index >= 15 is 0 Å². The number of Topliss-reactive ketones (excluding diaryl/α,β-unsaturated/α-hetero) is 1. The molecule has 0 radical (unpaired) electrons. The maximum Gasteiger partial charge on any atom is 0.221 e. The molecule has 2 nitrogen and oxygen atoms in total. The summed E-state index contributed by atoms with van der Waals surface area (Å²) in [6.45, 7) is 0. The van der Waals surface area contributed by atoms with Crippen molar-refractivity contribution in [1.82, 2.24) is 0 Å². The van der Waals surface area contributed by atoms with Crippen LogP contribution < -0.4 is 0 Å². The average molecular weight is 168 g/mol. The van der Waals surface area contributed by atoms with Gasteiger partial charge in [-0.3, -0.25) is 9.59 Å². The molecule has 1 heterocycles. The minimum absolute atomic E-state index is 0.215. The summed E-state index contributed by atoms with van der Waals surface area (Å²) in [6, 6.07) is 0. The van der Waals surface area contributed by atoms with Crippen LogP contribution in [0.1, 0.15) is 12.8 Å². The third-order valence-corrected chi connectivity index (χ3v) is 3.40. The van der Waals surface area contributed by atoms with Crippen LogP contribution in [-0.4, -0.2) is 22.6 Å². The van der Waals surface area contributed by atoms with Gasteiger partial charge in [-0.1, -0.05) is 5.57 Å². The zero-order valence-corrected chi connectivity index (χ0v) is 6.82. The Morgan fingerprint density at radius 2 is 2.27 bits per heavy atom. The zero-order chi connectivity index (χ0) is 7.84. The highest BCUT2D eigenvalue weighted by Crippen LogP contribution is 2.36. The molecule has 1 fully saturated rings. The van der Waals surface area contributed by atoms with E-state index in [4.69, 9.17) is 0 Å². The lowest BCUT2D eigenvalue weighted by atomic mass is 9.96. The summed E-state index contributed by atoms with van der Waals surface area (Å²) in [4.78, 5) is 21.8. The minimum Gasteiger partial charge on any atom is -0.290 e. The molecule has 1 unspecified atom stereocenters. The van der Waals surface area contributed by atoms with Gasteiger partial charge in [0.1, 0.15) is 0 Å². The summed E-state index contributed by atoms with van der Waals surface area (Å²) in [5.41, 5.74) is 1.18. The monoisotopic (exact) mass is 168 g/mol. The number of allylic oxidation sites excluding steroid dienone is 1. The second-order valence-electron chi connectivity index (χ2n) is 2.82. The Morgan fingerprint density at radius 1 is 1.45 bits per heavy atom. The van der Waals surface area contributed by atoms with E-state index in [2.05, 4.69) is 0 Å². The normalized spacial score (nSPS) is 30.2. The first-order valence-corrected chi connectivity index (χ1v) is 4.71. The first kappa shape index (κ1) is 7.10. The molecule has 58 valence electrons. The zero-order valence-electron chi connectivity index (χ0n) is 6.00. The number of rotatable bonds is 0. The molecule has 1 atom stereocenters. The highest BCUT2D eigenvalue weighted by Gasteiger charge is 2.31. The first-order chi connectivity index (χ1) is 5.27. The van der Waals surface area contributed by atoms with Crippen molar-refractivity contribution in [3.8, 4) is 0 Å². The van der Waals surface area contributed by atoms with Gasteiger partial charge in [-0.15, -0.1) is 0 Å². The molecule has 0 N–H and O–H groups in total. The lowest BCUT2D eigenvalue weighted by molar-refractivity contribution is -0.134. The summed E-state index contributed by atoms with van der Waals surface area (Å²) in [6.07, 6.45) is 2.97. The molecule has 0 aromatic carbocycles. The molecule has 1 aliphatic carbocycles. The summed E-state index contributed by atoms with van der Waals surface area (Å²) in [7, 11) is 0. The Labute approximate surface area is 69.0 Å². The van der Waals surface area contributed by atoms with Gasteiger partial charge in [0, 0.05) is 11.7 Å². The minimum atomic E-state index is -0.293. The molecule has 0 aromatic rings. The van der Waals surface area contributed by atoms with Gasteiger partial charge in [-0.05, 0) is 18.2 Å². The van der Waals surface area contributed by atoms with Gasteiger partial charge in [0.2, 0.25) is 11.6 Å². The Morgan fingerprint density at radius 3 is 3.09 bits per heavy atom. The fourth-order valence-electron chi connectivity index (χ4n) is 1.46. The quantitative estimate of drug-likeness (QED) is 0.505. The molecule has 0 bridgehead atoms. The van der Waals surface area contributed by atoms with E-state index in [1.807, 2.05) is 0 Å². The summed E-state index contributed by atoms with van der Waals surface area (Å²) in [5, 5.41) is 0.334. The standard InChI is InChI=1S/C8H8O2S/c9-6-3-5-1-2-11-8(5)4-7(6)10/h3,8H,1-2,4H2. The Kier molecular flexibility index (Phi) is 1.60. The van der Waals surface area contributed by atoms with Crippen molar-refractivity contribution < 1.29 is 9.59 Å². The van der Waals surface area contributed by atoms with Gasteiger partial charge in [-0.25, -0.2) is 0 Å². The van der Waals surface area contributed by atoms with Crippen LogP contribution in [0.25, 0.3) is 0 Å². The number of hydrogen-bond donors (Lipinski definition) is 0. The smallest absolute Gasteiger partial charge is 0.221 e. The van der Waals surface area contributed by atoms with Crippen molar-refractivity contribution in [1.29, 1.82) is 0 Å². The molecule has 0 amide bonds. The maximum absolute atomic E-state index is 10.9. The SMILES string of the molecule is O=C1C=C2CCSC2CC1=O. The molecule has 0 saturated carbocycles. The van der Waals surface area contributed by atoms with Crippen LogP contribution in [0.15, 0.2) is 11.6 Å². The molecule has 11 heavy (non-hydrogen) atoms. The van der Waals surface area contributed by atoms with E-state index in [0.717, 1.165) is 12.2 Å². The van der Waals surface area contributed by atoms with E-state index in [1.54, 1.807) is 11.8 Å². The van der Waals surface area contributed by atoms with E-state index < -0.39 is 0 Å². The number of carbonyl (C=O) groups is 2. The Hall–Kier alpha value is -0.570. The van der Waals surface area contributed by atoms with Crippen LogP contribution in [0, 0.1) is 0 Å². The van der Waals surface area contributed by atoms with Crippen molar-refractivity contribution >= 4 is 23.3 Å². The second kappa shape index (κ2) is 2.48. The summed E-state index contributed by atoms with van der Waals surface area (Å²) in [5.74, 6) is 0.559. The average Bonchev–Trinajstić information content (AvgIpc) is 2.36. The molecule has 3 heteroatoms. The van der Waals surface area contributed by atoms with E-state index in [-0.39, 0.29) is 11.6 Å². The molecule has 0 spiro atoms. The lowest BCUT2D eigenvalue weighted by Crippen LogP contribution is -2.23. The van der Waals surface area contributed by atoms with Crippen molar-refractivity contribution in [2.24, 2.45) is 0 Å². The maximum atomic E-state index is 10.9. The van der Waals surface area contributed by atoms with Gasteiger partial charge in [-0.2, -0.15) is 11.8 Å². The molecule has 1 saturated heterocycles. The van der Waals surface area contributed by atoms with E-state index in [9.17, 15) is 9.59 Å². The fraction of sp³-hybridized carbons (Fsp3) is 0.500. The molecular formula is C8H8O2S. The lowest BCUT2D eigenvalue weighted by Gasteiger charge is -2.13. The van der Waals surface area contributed by atoms with Crippen molar-refractivity contribution in [3.63, 3.8) is 0 Å². The highest BCUT2D eigenvalue weighted by molar-refractivity contribution is 8.00. The summed E-state index contributed by atoms with van der Waals surface area (Å²) < 4.78 is 0. The number of ketones is 2. The van der Waals surface area contributed by atoms with Gasteiger partial charge in [0.15, 0.2) is 0 Å².